The number of benzene rings is 1. The van der Waals surface area contributed by atoms with Gasteiger partial charge in [0.1, 0.15) is 27.8 Å². The lowest BCUT2D eigenvalue weighted by Gasteiger charge is -2.49. The van der Waals surface area contributed by atoms with Gasteiger partial charge in [-0.1, -0.05) is 6.07 Å². The molecule has 22 heteroatoms. The van der Waals surface area contributed by atoms with E-state index in [4.69, 9.17) is 5.73 Å². The number of anilines is 1. The number of aromatic hydroxyl groups is 2. The van der Waals surface area contributed by atoms with E-state index >= 15 is 0 Å². The van der Waals surface area contributed by atoms with Crippen molar-refractivity contribution in [3.8, 4) is 11.5 Å². The predicted molar refractivity (Wildman–Crippen MR) is 176 cm³/mol. The van der Waals surface area contributed by atoms with E-state index in [-0.39, 0.29) is 39.4 Å². The van der Waals surface area contributed by atoms with Crippen molar-refractivity contribution in [3.63, 3.8) is 0 Å². The highest BCUT2D eigenvalue weighted by Gasteiger charge is 2.54. The van der Waals surface area contributed by atoms with Crippen molar-refractivity contribution < 1.29 is 49.5 Å². The van der Waals surface area contributed by atoms with Crippen LogP contribution in [-0.2, 0) is 19.2 Å². The van der Waals surface area contributed by atoms with E-state index in [1.165, 1.54) is 27.7 Å². The van der Waals surface area contributed by atoms with Gasteiger partial charge in [0.15, 0.2) is 28.4 Å². The maximum Gasteiger partial charge on any atom is 0.375 e. The molecule has 2 aliphatic heterocycles. The van der Waals surface area contributed by atoms with Crippen LogP contribution in [0.5, 0.6) is 11.5 Å². The van der Waals surface area contributed by atoms with E-state index < -0.39 is 70.2 Å². The quantitative estimate of drug-likeness (QED) is 0.0366. The van der Waals surface area contributed by atoms with Crippen LogP contribution in [0.2, 0.25) is 0 Å². The molecular weight excluding hydrogens is 719 g/mol. The molecule has 0 spiro atoms. The number of nitrogens with zero attached hydrogens (tertiary/aromatic N) is 7. The van der Waals surface area contributed by atoms with Crippen molar-refractivity contribution in [1.82, 2.24) is 34.8 Å². The van der Waals surface area contributed by atoms with Crippen LogP contribution >= 0.6 is 34.9 Å². The van der Waals surface area contributed by atoms with E-state index in [2.05, 4.69) is 30.4 Å². The molecule has 1 saturated heterocycles. The number of thiazole rings is 1. The number of amides is 2. The Hall–Kier alpha value is -5.74. The number of aromatic nitrogens is 5. The minimum Gasteiger partial charge on any atom is -0.504 e. The molecule has 0 radical (unpaired) electrons. The molecule has 4 aromatic rings. The summed E-state index contributed by atoms with van der Waals surface area (Å²) in [5, 5.41) is 56.4. The molecule has 5 heterocycles. The molecule has 0 aliphatic carbocycles. The molecule has 0 bridgehead atoms. The van der Waals surface area contributed by atoms with Gasteiger partial charge in [0.05, 0.1) is 0 Å². The molecular formula is C28H23N9O10S3. The first-order valence-electron chi connectivity index (χ1n) is 14.1. The van der Waals surface area contributed by atoms with Crippen molar-refractivity contribution in [2.45, 2.75) is 29.4 Å². The second kappa shape index (κ2) is 13.3. The number of carbonyl (C=O) groups is 5. The molecule has 2 amide bonds. The monoisotopic (exact) mass is 741 g/mol. The number of rotatable bonds is 11. The van der Waals surface area contributed by atoms with Gasteiger partial charge in [0.25, 0.3) is 23.4 Å². The van der Waals surface area contributed by atoms with Gasteiger partial charge in [-0.05, 0) is 36.3 Å². The lowest BCUT2D eigenvalue weighted by Crippen LogP contribution is -2.71. The largest absolute Gasteiger partial charge is 0.504 e. The third-order valence-corrected chi connectivity index (χ3v) is 10.4. The van der Waals surface area contributed by atoms with Gasteiger partial charge in [-0.2, -0.15) is 9.50 Å². The topological polar surface area (TPSA) is 296 Å². The zero-order valence-electron chi connectivity index (χ0n) is 25.2. The smallest absolute Gasteiger partial charge is 0.375 e. The maximum absolute atomic E-state index is 13.6. The van der Waals surface area contributed by atoms with E-state index in [1.54, 1.807) is 13.0 Å². The summed E-state index contributed by atoms with van der Waals surface area (Å²) >= 11 is 3.28. The van der Waals surface area contributed by atoms with Gasteiger partial charge >= 0.3 is 17.9 Å². The van der Waals surface area contributed by atoms with Crippen molar-refractivity contribution in [2.24, 2.45) is 4.99 Å². The highest BCUT2D eigenvalue weighted by Crippen LogP contribution is 2.42. The van der Waals surface area contributed by atoms with Crippen LogP contribution < -0.4 is 11.1 Å². The van der Waals surface area contributed by atoms with Crippen LogP contribution in [0.15, 0.2) is 50.9 Å². The van der Waals surface area contributed by atoms with Crippen LogP contribution in [0.3, 0.4) is 0 Å². The van der Waals surface area contributed by atoms with Crippen LogP contribution in [0, 0.1) is 6.92 Å². The number of phenolic OH excluding ortho intramolecular Hbond substituents is 2. The molecule has 0 saturated carbocycles. The zero-order chi connectivity index (χ0) is 36.0. The zero-order valence-corrected chi connectivity index (χ0v) is 27.7. The number of aromatic carboxylic acids is 1. The summed E-state index contributed by atoms with van der Waals surface area (Å²) in [7, 11) is 0. The number of nitrogens with two attached hydrogens (primary N) is 1. The number of aliphatic imine (C=N–C) groups is 1. The predicted octanol–water partition coefficient (Wildman–Crippen LogP) is 0.727. The number of nitrogen functional groups attached to an aromatic ring is 1. The number of carbonyl (C=O) groups excluding carboxylic acids is 2. The molecule has 50 heavy (non-hydrogen) atoms. The van der Waals surface area contributed by atoms with Crippen molar-refractivity contribution in [2.75, 3.05) is 17.2 Å². The van der Waals surface area contributed by atoms with Crippen molar-refractivity contribution >= 4 is 81.2 Å². The van der Waals surface area contributed by atoms with Crippen LogP contribution in [-0.4, -0.2) is 113 Å². The number of β-lactam (4-membered cyclic amide) rings is 1. The lowest BCUT2D eigenvalue weighted by atomic mass is 10.0. The highest BCUT2D eigenvalue weighted by atomic mass is 32.2. The standard InChI is InChI=1S/C28H23N9O10S3/c1-9-4-15(37-28(30-9)34-20(35-37)26(46)47)48-6-11-7-49-23-18(22(41)36(23)19(11)25(44)45)33-21(40)17(12-8-50-27(29)31-12)32-16(24(42)43)10-2-3-13(38)14(39)5-10/h2-5,8,16,18,23,38-39H,6-7H2,1H3,(H2,29,31)(H,33,40)(H,42,43)(H,44,45)(H,46,47)/b32-17-/t16?,18-,23-/m1/s1. The molecule has 19 nitrogen and oxygen atoms in total. The lowest BCUT2D eigenvalue weighted by molar-refractivity contribution is -0.150. The number of carboxylic acids is 3. The maximum atomic E-state index is 13.6. The number of carboxylic acid groups (broad SMARTS) is 3. The average Bonchev–Trinajstić information content (AvgIpc) is 3.69. The third kappa shape index (κ3) is 6.37. The fraction of sp³-hybridized carbons (Fsp3) is 0.214. The highest BCUT2D eigenvalue weighted by molar-refractivity contribution is 8.01. The second-order valence-electron chi connectivity index (χ2n) is 10.6. The summed E-state index contributed by atoms with van der Waals surface area (Å²) in [5.74, 6) is -7.27. The number of fused-ring (bicyclic) bond motifs is 2. The van der Waals surface area contributed by atoms with Crippen LogP contribution in [0.25, 0.3) is 5.78 Å². The first-order valence-corrected chi connectivity index (χ1v) is 17.0. The van der Waals surface area contributed by atoms with Crippen molar-refractivity contribution in [1.29, 1.82) is 0 Å². The van der Waals surface area contributed by atoms with Gasteiger partial charge in [-0.25, -0.2) is 24.4 Å². The molecule has 258 valence electrons. The Morgan fingerprint density at radius 3 is 2.50 bits per heavy atom. The van der Waals surface area contributed by atoms with Gasteiger partial charge in [-0.15, -0.1) is 40.0 Å². The van der Waals surface area contributed by atoms with Gasteiger partial charge in [0, 0.05) is 22.6 Å². The molecule has 3 aromatic heterocycles. The second-order valence-corrected chi connectivity index (χ2v) is 13.6. The summed E-state index contributed by atoms with van der Waals surface area (Å²) in [5.41, 5.74) is 5.71. The Kier molecular flexibility index (Phi) is 9.07. The number of nitrogens with one attached hydrogen (secondary N) is 1. The van der Waals surface area contributed by atoms with E-state index in [9.17, 15) is 49.5 Å². The Balaban J connectivity index is 1.25. The summed E-state index contributed by atoms with van der Waals surface area (Å²) in [6, 6.07) is 1.89. The van der Waals surface area contributed by atoms with Crippen molar-refractivity contribution in [3.05, 3.63) is 63.7 Å². The molecule has 6 rings (SSSR count). The minimum absolute atomic E-state index is 0.0406. The SMILES string of the molecule is Cc1cc(SCC2=C(C(=O)O)N3C(=O)[C@@H](NC(=O)/C(=N\C(C(=O)O)c4ccc(O)c(O)c4)c4csc(N)n4)[C@H]3SC2)n2nc(C(=O)O)nc2n1. The third-order valence-electron chi connectivity index (χ3n) is 7.32. The minimum atomic E-state index is -1.75. The van der Waals surface area contributed by atoms with Gasteiger partial charge < -0.3 is 36.6 Å². The van der Waals surface area contributed by atoms with E-state index in [0.29, 0.717) is 16.3 Å². The molecule has 3 atom stereocenters. The Morgan fingerprint density at radius 1 is 1.10 bits per heavy atom. The Bertz CT molecular complexity index is 2180. The summed E-state index contributed by atoms with van der Waals surface area (Å²) < 4.78 is 1.23. The van der Waals surface area contributed by atoms with Gasteiger partial charge in [0.2, 0.25) is 0 Å². The summed E-state index contributed by atoms with van der Waals surface area (Å²) in [6.45, 7) is 1.68. The first-order chi connectivity index (χ1) is 23.7. The summed E-state index contributed by atoms with van der Waals surface area (Å²) in [6.07, 6.45) is 0. The summed E-state index contributed by atoms with van der Waals surface area (Å²) in [4.78, 5) is 80.4. The molecule has 1 fully saturated rings. The van der Waals surface area contributed by atoms with E-state index in [0.717, 1.165) is 40.1 Å². The fourth-order valence-corrected chi connectivity index (χ4v) is 8.14. The number of aryl methyl sites for hydroxylation is 1. The Morgan fingerprint density at radius 2 is 1.86 bits per heavy atom. The van der Waals surface area contributed by atoms with E-state index in [1.807, 2.05) is 0 Å². The number of hydrogen-bond donors (Lipinski definition) is 7. The molecule has 1 aromatic carbocycles. The number of hydrogen-bond acceptors (Lipinski definition) is 16. The normalized spacial score (nSPS) is 18.1. The van der Waals surface area contributed by atoms with Gasteiger partial charge in [-0.3, -0.25) is 19.5 Å². The van der Waals surface area contributed by atoms with Crippen LogP contribution in [0.1, 0.15) is 33.6 Å². The average molecular weight is 742 g/mol. The molecule has 1 unspecified atom stereocenters. The first kappa shape index (κ1) is 34.1. The number of aliphatic carboxylic acids is 2. The fourth-order valence-electron chi connectivity index (χ4n) is 5.06. The molecule has 8 N–H and O–H groups in total. The molecule has 2 aliphatic rings. The number of phenols is 2. The Labute approximate surface area is 291 Å². The van der Waals surface area contributed by atoms with Crippen LogP contribution in [0.4, 0.5) is 5.13 Å². The number of thioether (sulfide) groups is 2.